The Balaban J connectivity index is 1.82. The maximum atomic E-state index is 12.2. The average Bonchev–Trinajstić information content (AvgIpc) is 2.53. The number of carbonyl (C=O) groups excluding carboxylic acids is 2. The summed E-state index contributed by atoms with van der Waals surface area (Å²) in [7, 11) is 0. The van der Waals surface area contributed by atoms with Gasteiger partial charge in [-0.05, 0) is 64.8 Å². The topological polar surface area (TPSA) is 79.9 Å². The second-order valence-electron chi connectivity index (χ2n) is 7.91. The summed E-state index contributed by atoms with van der Waals surface area (Å²) in [5.41, 5.74) is -0.247. The van der Waals surface area contributed by atoms with E-state index in [1.165, 1.54) is 12.1 Å². The highest BCUT2D eigenvalue weighted by Gasteiger charge is 2.33. The normalized spacial score (nSPS) is 20.0. The highest BCUT2D eigenvalue weighted by molar-refractivity contribution is 5.89. The molecular weight excluding hydrogens is 391 g/mol. The van der Waals surface area contributed by atoms with Crippen LogP contribution in [0.4, 0.5) is 28.4 Å². The third-order valence-electron chi connectivity index (χ3n) is 4.19. The van der Waals surface area contributed by atoms with Crippen LogP contribution in [0.25, 0.3) is 0 Å². The van der Waals surface area contributed by atoms with Crippen LogP contribution in [0.3, 0.4) is 0 Å². The molecular formula is C19H26F3N3O4. The smallest absolute Gasteiger partial charge is 0.444 e. The van der Waals surface area contributed by atoms with Crippen LogP contribution in [0.15, 0.2) is 24.3 Å². The lowest BCUT2D eigenvalue weighted by molar-refractivity contribution is -0.274. The van der Waals surface area contributed by atoms with Gasteiger partial charge in [0.25, 0.3) is 0 Å². The van der Waals surface area contributed by atoms with Crippen molar-refractivity contribution in [3.05, 3.63) is 24.3 Å². The van der Waals surface area contributed by atoms with Gasteiger partial charge in [-0.25, -0.2) is 9.59 Å². The molecule has 3 amide bonds. The van der Waals surface area contributed by atoms with Gasteiger partial charge in [-0.3, -0.25) is 0 Å². The van der Waals surface area contributed by atoms with E-state index in [-0.39, 0.29) is 23.9 Å². The molecule has 1 aromatic rings. The van der Waals surface area contributed by atoms with E-state index in [0.29, 0.717) is 25.1 Å². The predicted molar refractivity (Wildman–Crippen MR) is 101 cm³/mol. The molecule has 1 aliphatic rings. The third kappa shape index (κ3) is 7.71. The third-order valence-corrected chi connectivity index (χ3v) is 4.19. The van der Waals surface area contributed by atoms with E-state index < -0.39 is 18.0 Å². The predicted octanol–water partition coefficient (Wildman–Crippen LogP) is 4.49. The Hall–Kier alpha value is -2.65. The monoisotopic (exact) mass is 417 g/mol. The minimum Gasteiger partial charge on any atom is -0.444 e. The van der Waals surface area contributed by atoms with E-state index in [9.17, 15) is 22.8 Å². The molecule has 1 saturated heterocycles. The van der Waals surface area contributed by atoms with Gasteiger partial charge in [-0.15, -0.1) is 13.2 Å². The molecule has 1 heterocycles. The number of ether oxygens (including phenoxy) is 2. The second-order valence-corrected chi connectivity index (χ2v) is 7.91. The molecule has 0 bridgehead atoms. The molecule has 1 fully saturated rings. The number of piperidine rings is 1. The van der Waals surface area contributed by atoms with Gasteiger partial charge in [0.2, 0.25) is 0 Å². The van der Waals surface area contributed by atoms with Crippen molar-refractivity contribution in [1.29, 1.82) is 0 Å². The summed E-state index contributed by atoms with van der Waals surface area (Å²) in [6, 6.07) is 4.13. The van der Waals surface area contributed by atoms with Crippen molar-refractivity contribution < 1.29 is 32.2 Å². The molecule has 0 radical (unpaired) electrons. The van der Waals surface area contributed by atoms with Crippen LogP contribution in [-0.4, -0.2) is 47.6 Å². The first-order chi connectivity index (χ1) is 13.3. The highest BCUT2D eigenvalue weighted by Crippen LogP contribution is 2.24. The molecule has 7 nitrogen and oxygen atoms in total. The molecule has 162 valence electrons. The van der Waals surface area contributed by atoms with Crippen LogP contribution in [0.5, 0.6) is 5.75 Å². The van der Waals surface area contributed by atoms with Crippen LogP contribution >= 0.6 is 0 Å². The minimum absolute atomic E-state index is 0.109. The number of rotatable bonds is 3. The standard InChI is InChI=1S/C19H26F3N3O4/c1-12-11-14(9-10-25(12)17(27)29-18(2,3)4)24-16(26)23-13-5-7-15(8-6-13)28-19(20,21)22/h5-8,12,14H,9-11H2,1-4H3,(H2,23,24,26)/t12-,14+/m1/s1. The average molecular weight is 417 g/mol. The van der Waals surface area contributed by atoms with Crippen LogP contribution < -0.4 is 15.4 Å². The van der Waals surface area contributed by atoms with E-state index in [2.05, 4.69) is 15.4 Å². The van der Waals surface area contributed by atoms with Crippen molar-refractivity contribution in [2.75, 3.05) is 11.9 Å². The summed E-state index contributed by atoms with van der Waals surface area (Å²) in [6.45, 7) is 7.74. The molecule has 29 heavy (non-hydrogen) atoms. The first-order valence-corrected chi connectivity index (χ1v) is 9.25. The Kier molecular flexibility index (Phi) is 6.86. The van der Waals surface area contributed by atoms with E-state index in [0.717, 1.165) is 12.1 Å². The number of hydrogen-bond acceptors (Lipinski definition) is 4. The first kappa shape index (κ1) is 22.6. The summed E-state index contributed by atoms with van der Waals surface area (Å²) < 4.78 is 45.7. The van der Waals surface area contributed by atoms with E-state index in [1.807, 2.05) is 6.92 Å². The van der Waals surface area contributed by atoms with Gasteiger partial charge >= 0.3 is 18.5 Å². The number of likely N-dealkylation sites (tertiary alicyclic amines) is 1. The van der Waals surface area contributed by atoms with E-state index in [1.54, 1.807) is 25.7 Å². The number of alkyl halides is 3. The number of nitrogens with one attached hydrogen (secondary N) is 2. The fourth-order valence-electron chi connectivity index (χ4n) is 2.99. The summed E-state index contributed by atoms with van der Waals surface area (Å²) in [4.78, 5) is 26.0. The van der Waals surface area contributed by atoms with Crippen molar-refractivity contribution in [2.24, 2.45) is 0 Å². The van der Waals surface area contributed by atoms with Crippen molar-refractivity contribution in [2.45, 2.75) is 64.6 Å². The van der Waals surface area contributed by atoms with Crippen molar-refractivity contribution in [3.8, 4) is 5.75 Å². The van der Waals surface area contributed by atoms with Gasteiger partial charge in [-0.2, -0.15) is 0 Å². The Bertz CT molecular complexity index is 717. The highest BCUT2D eigenvalue weighted by atomic mass is 19.4. The lowest BCUT2D eigenvalue weighted by Gasteiger charge is -2.38. The maximum absolute atomic E-state index is 12.2. The molecule has 0 aromatic heterocycles. The molecule has 1 aliphatic heterocycles. The summed E-state index contributed by atoms with van der Waals surface area (Å²) in [5, 5.41) is 5.39. The number of hydrogen-bond donors (Lipinski definition) is 2. The maximum Gasteiger partial charge on any atom is 0.573 e. The zero-order valence-electron chi connectivity index (χ0n) is 16.8. The summed E-state index contributed by atoms with van der Waals surface area (Å²) in [5.74, 6) is -0.369. The van der Waals surface area contributed by atoms with Crippen molar-refractivity contribution in [1.82, 2.24) is 10.2 Å². The number of urea groups is 1. The molecule has 0 saturated carbocycles. The minimum atomic E-state index is -4.77. The number of amides is 3. The zero-order chi connectivity index (χ0) is 21.8. The lowest BCUT2D eigenvalue weighted by atomic mass is 9.99. The molecule has 1 aromatic carbocycles. The fraction of sp³-hybridized carbons (Fsp3) is 0.579. The Labute approximate surface area is 167 Å². The first-order valence-electron chi connectivity index (χ1n) is 9.25. The largest absolute Gasteiger partial charge is 0.573 e. The quantitative estimate of drug-likeness (QED) is 0.759. The second kappa shape index (κ2) is 8.79. The Morgan fingerprint density at radius 1 is 1.14 bits per heavy atom. The van der Waals surface area contributed by atoms with Gasteiger partial charge in [0.1, 0.15) is 11.4 Å². The van der Waals surface area contributed by atoms with Gasteiger partial charge < -0.3 is 25.0 Å². The fourth-order valence-corrected chi connectivity index (χ4v) is 2.99. The molecule has 10 heteroatoms. The molecule has 0 aliphatic carbocycles. The lowest BCUT2D eigenvalue weighted by Crippen LogP contribution is -2.52. The summed E-state index contributed by atoms with van der Waals surface area (Å²) in [6.07, 6.45) is -4.02. The van der Waals surface area contributed by atoms with Gasteiger partial charge in [-0.1, -0.05) is 0 Å². The zero-order valence-corrected chi connectivity index (χ0v) is 16.8. The number of benzene rings is 1. The van der Waals surface area contributed by atoms with E-state index >= 15 is 0 Å². The van der Waals surface area contributed by atoms with Gasteiger partial charge in [0.05, 0.1) is 0 Å². The summed E-state index contributed by atoms with van der Waals surface area (Å²) >= 11 is 0. The van der Waals surface area contributed by atoms with Crippen LogP contribution in [0, 0.1) is 0 Å². The van der Waals surface area contributed by atoms with Gasteiger partial charge in [0, 0.05) is 24.3 Å². The molecule has 2 rings (SSSR count). The van der Waals surface area contributed by atoms with Gasteiger partial charge in [0.15, 0.2) is 0 Å². The Morgan fingerprint density at radius 2 is 1.76 bits per heavy atom. The van der Waals surface area contributed by atoms with Crippen molar-refractivity contribution in [3.63, 3.8) is 0 Å². The van der Waals surface area contributed by atoms with E-state index in [4.69, 9.17) is 4.74 Å². The Morgan fingerprint density at radius 3 is 2.28 bits per heavy atom. The molecule has 0 unspecified atom stereocenters. The van der Waals surface area contributed by atoms with Crippen molar-refractivity contribution >= 4 is 17.8 Å². The molecule has 0 spiro atoms. The number of halogens is 3. The number of anilines is 1. The molecule has 2 atom stereocenters. The van der Waals surface area contributed by atoms with Crippen LogP contribution in [0.2, 0.25) is 0 Å². The van der Waals surface area contributed by atoms with Crippen LogP contribution in [0.1, 0.15) is 40.5 Å². The van der Waals surface area contributed by atoms with Crippen LogP contribution in [-0.2, 0) is 4.74 Å². The molecule has 2 N–H and O–H groups in total. The number of nitrogens with zero attached hydrogens (tertiary/aromatic N) is 1. The SMILES string of the molecule is C[C@@H]1C[C@@H](NC(=O)Nc2ccc(OC(F)(F)F)cc2)CCN1C(=O)OC(C)(C)C. The number of carbonyl (C=O) groups is 2.